The Kier molecular flexibility index (Phi) is 3.16. The summed E-state index contributed by atoms with van der Waals surface area (Å²) in [5, 5.41) is 0. The highest BCUT2D eigenvalue weighted by atomic mass is 16.5. The summed E-state index contributed by atoms with van der Waals surface area (Å²) in [6.45, 7) is 3.54. The van der Waals surface area contributed by atoms with Gasteiger partial charge in [-0.2, -0.15) is 0 Å². The van der Waals surface area contributed by atoms with Gasteiger partial charge < -0.3 is 4.74 Å². The largest absolute Gasteiger partial charge is 0.449 e. The van der Waals surface area contributed by atoms with Gasteiger partial charge in [-0.15, -0.1) is 5.92 Å². The van der Waals surface area contributed by atoms with Gasteiger partial charge in [-0.25, -0.2) is 0 Å². The predicted octanol–water partition coefficient (Wildman–Crippen LogP) is 1.74. The lowest BCUT2D eigenvalue weighted by Crippen LogP contribution is -2.26. The Morgan fingerprint density at radius 3 is 2.67 bits per heavy atom. The standard InChI is InChI=1S/C10H14O2/c1-3-5-8(2)12-10(11)9-6-4-7-9/h8-9H,4,6-7H2,1-2H3. The van der Waals surface area contributed by atoms with E-state index in [0.717, 1.165) is 19.3 Å². The molecule has 1 aliphatic carbocycles. The average Bonchev–Trinajstić information content (AvgIpc) is 1.82. The number of hydrogen-bond donors (Lipinski definition) is 0. The molecule has 66 valence electrons. The molecule has 0 amide bonds. The second-order valence-electron chi connectivity index (χ2n) is 3.10. The van der Waals surface area contributed by atoms with Crippen molar-refractivity contribution in [3.63, 3.8) is 0 Å². The molecular weight excluding hydrogens is 152 g/mol. The molecule has 0 N–H and O–H groups in total. The normalized spacial score (nSPS) is 18.5. The van der Waals surface area contributed by atoms with Crippen molar-refractivity contribution in [2.45, 2.75) is 39.2 Å². The van der Waals surface area contributed by atoms with Gasteiger partial charge in [0, 0.05) is 0 Å². The Labute approximate surface area is 73.3 Å². The molecule has 1 aliphatic rings. The van der Waals surface area contributed by atoms with Crippen LogP contribution in [0.4, 0.5) is 0 Å². The first-order valence-corrected chi connectivity index (χ1v) is 4.37. The lowest BCUT2D eigenvalue weighted by molar-refractivity contribution is -0.153. The molecule has 0 heterocycles. The summed E-state index contributed by atoms with van der Waals surface area (Å²) in [6, 6.07) is 0. The number of ether oxygens (including phenoxy) is 1. The molecule has 1 saturated carbocycles. The lowest BCUT2D eigenvalue weighted by atomic mass is 9.86. The third kappa shape index (κ3) is 2.27. The monoisotopic (exact) mass is 166 g/mol. The fourth-order valence-electron chi connectivity index (χ4n) is 1.15. The maximum Gasteiger partial charge on any atom is 0.310 e. The summed E-state index contributed by atoms with van der Waals surface area (Å²) >= 11 is 0. The predicted molar refractivity (Wildman–Crippen MR) is 46.3 cm³/mol. The van der Waals surface area contributed by atoms with E-state index in [0.29, 0.717) is 0 Å². The molecule has 2 nitrogen and oxygen atoms in total. The van der Waals surface area contributed by atoms with Gasteiger partial charge in [0.1, 0.15) is 0 Å². The molecular formula is C10H14O2. The Bertz CT molecular complexity index is 218. The Morgan fingerprint density at radius 1 is 1.58 bits per heavy atom. The number of rotatable bonds is 2. The molecule has 0 radical (unpaired) electrons. The van der Waals surface area contributed by atoms with E-state index in [4.69, 9.17) is 4.74 Å². The van der Waals surface area contributed by atoms with E-state index < -0.39 is 0 Å². The van der Waals surface area contributed by atoms with Crippen LogP contribution in [0.25, 0.3) is 0 Å². The molecule has 12 heavy (non-hydrogen) atoms. The van der Waals surface area contributed by atoms with E-state index >= 15 is 0 Å². The van der Waals surface area contributed by atoms with Crippen LogP contribution in [-0.2, 0) is 9.53 Å². The van der Waals surface area contributed by atoms with Gasteiger partial charge in [-0.3, -0.25) is 4.79 Å². The van der Waals surface area contributed by atoms with E-state index in [-0.39, 0.29) is 18.0 Å². The molecule has 0 saturated heterocycles. The minimum Gasteiger partial charge on any atom is -0.449 e. The zero-order chi connectivity index (χ0) is 8.97. The van der Waals surface area contributed by atoms with Gasteiger partial charge in [0.25, 0.3) is 0 Å². The number of hydrogen-bond acceptors (Lipinski definition) is 2. The molecule has 1 atom stereocenters. The Balaban J connectivity index is 2.28. The first kappa shape index (κ1) is 9.12. The van der Waals surface area contributed by atoms with E-state index in [1.54, 1.807) is 13.8 Å². The number of carbonyl (C=O) groups excluding carboxylic acids is 1. The molecule has 0 aromatic carbocycles. The zero-order valence-corrected chi connectivity index (χ0v) is 7.59. The molecule has 0 spiro atoms. The minimum absolute atomic E-state index is 0.0727. The van der Waals surface area contributed by atoms with Gasteiger partial charge in [0.05, 0.1) is 5.92 Å². The van der Waals surface area contributed by atoms with Crippen LogP contribution < -0.4 is 0 Å². The van der Waals surface area contributed by atoms with Crippen LogP contribution in [0.15, 0.2) is 0 Å². The SMILES string of the molecule is CC#CC(C)OC(=O)C1CCC1. The van der Waals surface area contributed by atoms with Gasteiger partial charge in [0.15, 0.2) is 6.10 Å². The summed E-state index contributed by atoms with van der Waals surface area (Å²) in [5.41, 5.74) is 0. The van der Waals surface area contributed by atoms with E-state index in [1.807, 2.05) is 0 Å². The van der Waals surface area contributed by atoms with Crippen molar-refractivity contribution < 1.29 is 9.53 Å². The number of esters is 1. The van der Waals surface area contributed by atoms with E-state index in [2.05, 4.69) is 11.8 Å². The summed E-state index contributed by atoms with van der Waals surface area (Å²) in [4.78, 5) is 11.2. The summed E-state index contributed by atoms with van der Waals surface area (Å²) < 4.78 is 5.08. The molecule has 0 aromatic rings. The van der Waals surface area contributed by atoms with Gasteiger partial charge >= 0.3 is 5.97 Å². The van der Waals surface area contributed by atoms with Crippen molar-refractivity contribution in [3.8, 4) is 11.8 Å². The fourth-order valence-corrected chi connectivity index (χ4v) is 1.15. The summed E-state index contributed by atoms with van der Waals surface area (Å²) in [5.74, 6) is 5.59. The average molecular weight is 166 g/mol. The third-order valence-corrected chi connectivity index (χ3v) is 2.08. The maximum atomic E-state index is 11.2. The van der Waals surface area contributed by atoms with E-state index in [9.17, 15) is 4.79 Å². The highest BCUT2D eigenvalue weighted by molar-refractivity contribution is 5.73. The highest BCUT2D eigenvalue weighted by Gasteiger charge is 2.27. The fraction of sp³-hybridized carbons (Fsp3) is 0.700. The molecule has 0 bridgehead atoms. The molecule has 1 rings (SSSR count). The first-order valence-electron chi connectivity index (χ1n) is 4.37. The quantitative estimate of drug-likeness (QED) is 0.461. The van der Waals surface area contributed by atoms with Gasteiger partial charge in [0.2, 0.25) is 0 Å². The summed E-state index contributed by atoms with van der Waals surface area (Å²) in [7, 11) is 0. The van der Waals surface area contributed by atoms with Crippen LogP contribution in [-0.4, -0.2) is 12.1 Å². The van der Waals surface area contributed by atoms with Crippen LogP contribution in [0, 0.1) is 17.8 Å². The molecule has 0 aromatic heterocycles. The maximum absolute atomic E-state index is 11.2. The van der Waals surface area contributed by atoms with Gasteiger partial charge in [-0.05, 0) is 26.7 Å². The van der Waals surface area contributed by atoms with E-state index in [1.165, 1.54) is 0 Å². The molecule has 1 fully saturated rings. The molecule has 1 unspecified atom stereocenters. The van der Waals surface area contributed by atoms with Crippen LogP contribution in [0.1, 0.15) is 33.1 Å². The van der Waals surface area contributed by atoms with Crippen LogP contribution in [0.3, 0.4) is 0 Å². The first-order chi connectivity index (χ1) is 5.74. The zero-order valence-electron chi connectivity index (χ0n) is 7.59. The van der Waals surface area contributed by atoms with Crippen molar-refractivity contribution in [1.29, 1.82) is 0 Å². The van der Waals surface area contributed by atoms with Gasteiger partial charge in [-0.1, -0.05) is 12.3 Å². The third-order valence-electron chi connectivity index (χ3n) is 2.08. The van der Waals surface area contributed by atoms with Crippen LogP contribution in [0.2, 0.25) is 0 Å². The second-order valence-corrected chi connectivity index (χ2v) is 3.10. The Morgan fingerprint density at radius 2 is 2.25 bits per heavy atom. The molecule has 0 aliphatic heterocycles. The number of carbonyl (C=O) groups is 1. The Hall–Kier alpha value is -0.970. The van der Waals surface area contributed by atoms with Crippen LogP contribution >= 0.6 is 0 Å². The topological polar surface area (TPSA) is 26.3 Å². The summed E-state index contributed by atoms with van der Waals surface area (Å²) in [6.07, 6.45) is 2.90. The smallest absolute Gasteiger partial charge is 0.310 e. The minimum atomic E-state index is -0.247. The van der Waals surface area contributed by atoms with Crippen molar-refractivity contribution in [2.24, 2.45) is 5.92 Å². The van der Waals surface area contributed by atoms with Crippen molar-refractivity contribution in [3.05, 3.63) is 0 Å². The van der Waals surface area contributed by atoms with Crippen LogP contribution in [0.5, 0.6) is 0 Å². The second kappa shape index (κ2) is 4.15. The van der Waals surface area contributed by atoms with Crippen molar-refractivity contribution in [2.75, 3.05) is 0 Å². The lowest BCUT2D eigenvalue weighted by Gasteiger charge is -2.23. The highest BCUT2D eigenvalue weighted by Crippen LogP contribution is 2.27. The van der Waals surface area contributed by atoms with Crippen molar-refractivity contribution in [1.82, 2.24) is 0 Å². The molecule has 2 heteroatoms. The van der Waals surface area contributed by atoms with Crippen molar-refractivity contribution >= 4 is 5.97 Å².